The number of nitrogens with zero attached hydrogens (tertiary/aromatic N) is 1. The SMILES string of the molecule is CC(C)(C)c1ccc(Cc2cnc(N)o2)cc1. The van der Waals surface area contributed by atoms with Crippen LogP contribution in [0.3, 0.4) is 0 Å². The standard InChI is InChI=1S/C14H18N2O/c1-14(2,3)11-6-4-10(5-7-11)8-12-9-16-13(15)17-12/h4-7,9H,8H2,1-3H3,(H2,15,16). The van der Waals surface area contributed by atoms with E-state index >= 15 is 0 Å². The molecule has 0 saturated heterocycles. The molecule has 2 N–H and O–H groups in total. The largest absolute Gasteiger partial charge is 0.429 e. The van der Waals surface area contributed by atoms with E-state index in [-0.39, 0.29) is 11.4 Å². The number of oxazole rings is 1. The Balaban J connectivity index is 2.13. The van der Waals surface area contributed by atoms with Crippen LogP contribution >= 0.6 is 0 Å². The van der Waals surface area contributed by atoms with E-state index in [2.05, 4.69) is 50.0 Å². The molecule has 1 aromatic heterocycles. The Labute approximate surface area is 102 Å². The molecule has 1 aromatic carbocycles. The fourth-order valence-corrected chi connectivity index (χ4v) is 1.73. The summed E-state index contributed by atoms with van der Waals surface area (Å²) in [5, 5.41) is 0. The molecule has 90 valence electrons. The van der Waals surface area contributed by atoms with Crippen molar-refractivity contribution in [3.63, 3.8) is 0 Å². The molecular formula is C14H18N2O. The van der Waals surface area contributed by atoms with Gasteiger partial charge in [0.05, 0.1) is 6.20 Å². The van der Waals surface area contributed by atoms with E-state index in [1.807, 2.05) is 0 Å². The number of hydrogen-bond donors (Lipinski definition) is 1. The Morgan fingerprint density at radius 1 is 1.18 bits per heavy atom. The second kappa shape index (κ2) is 4.24. The van der Waals surface area contributed by atoms with Crippen molar-refractivity contribution in [3.05, 3.63) is 47.3 Å². The quantitative estimate of drug-likeness (QED) is 0.862. The van der Waals surface area contributed by atoms with Crippen LogP contribution in [0.25, 0.3) is 0 Å². The van der Waals surface area contributed by atoms with Gasteiger partial charge in [0, 0.05) is 6.42 Å². The smallest absolute Gasteiger partial charge is 0.292 e. The molecule has 17 heavy (non-hydrogen) atoms. The zero-order chi connectivity index (χ0) is 12.5. The highest BCUT2D eigenvalue weighted by Gasteiger charge is 2.13. The van der Waals surface area contributed by atoms with Crippen LogP contribution in [-0.2, 0) is 11.8 Å². The predicted octanol–water partition coefficient (Wildman–Crippen LogP) is 3.15. The Kier molecular flexibility index (Phi) is 2.92. The molecule has 0 unspecified atom stereocenters. The van der Waals surface area contributed by atoms with Gasteiger partial charge in [0.15, 0.2) is 0 Å². The number of hydrogen-bond acceptors (Lipinski definition) is 3. The molecular weight excluding hydrogens is 212 g/mol. The maximum absolute atomic E-state index is 5.44. The first-order valence-corrected chi connectivity index (χ1v) is 5.75. The van der Waals surface area contributed by atoms with Crippen LogP contribution in [0.2, 0.25) is 0 Å². The fourth-order valence-electron chi connectivity index (χ4n) is 1.73. The van der Waals surface area contributed by atoms with Crippen molar-refractivity contribution in [1.82, 2.24) is 4.98 Å². The highest BCUT2D eigenvalue weighted by Crippen LogP contribution is 2.23. The third-order valence-corrected chi connectivity index (χ3v) is 2.77. The maximum Gasteiger partial charge on any atom is 0.292 e. The van der Waals surface area contributed by atoms with E-state index < -0.39 is 0 Å². The number of benzene rings is 1. The minimum absolute atomic E-state index is 0.190. The summed E-state index contributed by atoms with van der Waals surface area (Å²) < 4.78 is 5.25. The molecule has 0 radical (unpaired) electrons. The van der Waals surface area contributed by atoms with Gasteiger partial charge in [-0.15, -0.1) is 0 Å². The van der Waals surface area contributed by atoms with Gasteiger partial charge in [0.25, 0.3) is 6.01 Å². The van der Waals surface area contributed by atoms with Gasteiger partial charge in [0.2, 0.25) is 0 Å². The Bertz CT molecular complexity index is 492. The van der Waals surface area contributed by atoms with Crippen LogP contribution in [0.15, 0.2) is 34.9 Å². The lowest BCUT2D eigenvalue weighted by molar-refractivity contribution is 0.534. The summed E-state index contributed by atoms with van der Waals surface area (Å²) in [5.74, 6) is 0.797. The second-order valence-corrected chi connectivity index (χ2v) is 5.29. The summed E-state index contributed by atoms with van der Waals surface area (Å²) in [7, 11) is 0. The van der Waals surface area contributed by atoms with E-state index in [4.69, 9.17) is 10.2 Å². The van der Waals surface area contributed by atoms with Crippen molar-refractivity contribution in [2.24, 2.45) is 0 Å². The van der Waals surface area contributed by atoms with Crippen molar-refractivity contribution in [1.29, 1.82) is 0 Å². The van der Waals surface area contributed by atoms with Gasteiger partial charge in [0.1, 0.15) is 5.76 Å². The maximum atomic E-state index is 5.44. The van der Waals surface area contributed by atoms with Crippen LogP contribution in [0.5, 0.6) is 0 Å². The van der Waals surface area contributed by atoms with Gasteiger partial charge in [-0.05, 0) is 16.5 Å². The van der Waals surface area contributed by atoms with Crippen LogP contribution in [0.1, 0.15) is 37.7 Å². The molecule has 0 fully saturated rings. The van der Waals surface area contributed by atoms with Crippen LogP contribution in [0.4, 0.5) is 6.01 Å². The van der Waals surface area contributed by atoms with Crippen LogP contribution < -0.4 is 5.73 Å². The van der Waals surface area contributed by atoms with E-state index in [0.717, 1.165) is 12.2 Å². The molecule has 0 bridgehead atoms. The van der Waals surface area contributed by atoms with E-state index in [0.29, 0.717) is 0 Å². The van der Waals surface area contributed by atoms with Crippen molar-refractivity contribution in [2.45, 2.75) is 32.6 Å². The second-order valence-electron chi connectivity index (χ2n) is 5.29. The van der Waals surface area contributed by atoms with Crippen molar-refractivity contribution in [2.75, 3.05) is 5.73 Å². The molecule has 0 aliphatic carbocycles. The predicted molar refractivity (Wildman–Crippen MR) is 68.9 cm³/mol. The van der Waals surface area contributed by atoms with E-state index in [1.165, 1.54) is 11.1 Å². The zero-order valence-corrected chi connectivity index (χ0v) is 10.5. The first-order chi connectivity index (χ1) is 7.95. The van der Waals surface area contributed by atoms with Gasteiger partial charge >= 0.3 is 0 Å². The summed E-state index contributed by atoms with van der Waals surface area (Å²) in [6.45, 7) is 6.62. The molecule has 0 aliphatic heterocycles. The summed E-state index contributed by atoms with van der Waals surface area (Å²) in [6, 6.07) is 8.80. The van der Waals surface area contributed by atoms with Crippen LogP contribution in [-0.4, -0.2) is 4.98 Å². The first-order valence-electron chi connectivity index (χ1n) is 5.75. The van der Waals surface area contributed by atoms with Gasteiger partial charge in [-0.3, -0.25) is 0 Å². The van der Waals surface area contributed by atoms with Crippen molar-refractivity contribution < 1.29 is 4.42 Å². The molecule has 1 heterocycles. The first kappa shape index (κ1) is 11.7. The lowest BCUT2D eigenvalue weighted by Gasteiger charge is -2.19. The Hall–Kier alpha value is -1.77. The number of nitrogen functional groups attached to an aromatic ring is 1. The van der Waals surface area contributed by atoms with Gasteiger partial charge in [-0.25, -0.2) is 4.98 Å². The molecule has 0 amide bonds. The number of aromatic nitrogens is 1. The molecule has 0 saturated carbocycles. The molecule has 0 atom stereocenters. The monoisotopic (exact) mass is 230 g/mol. The van der Waals surface area contributed by atoms with E-state index in [9.17, 15) is 0 Å². The van der Waals surface area contributed by atoms with Gasteiger partial charge < -0.3 is 10.2 Å². The van der Waals surface area contributed by atoms with Crippen LogP contribution in [0, 0.1) is 0 Å². The summed E-state index contributed by atoms with van der Waals surface area (Å²) in [5.41, 5.74) is 8.16. The topological polar surface area (TPSA) is 52.0 Å². The molecule has 2 aromatic rings. The van der Waals surface area contributed by atoms with Crippen molar-refractivity contribution in [3.8, 4) is 0 Å². The number of anilines is 1. The Morgan fingerprint density at radius 2 is 1.82 bits per heavy atom. The van der Waals surface area contributed by atoms with Gasteiger partial charge in [-0.2, -0.15) is 0 Å². The van der Waals surface area contributed by atoms with Gasteiger partial charge in [-0.1, -0.05) is 45.0 Å². The van der Waals surface area contributed by atoms with E-state index in [1.54, 1.807) is 6.20 Å². The minimum atomic E-state index is 0.190. The average Bonchev–Trinajstić information content (AvgIpc) is 2.63. The zero-order valence-electron chi connectivity index (χ0n) is 10.5. The average molecular weight is 230 g/mol. The Morgan fingerprint density at radius 3 is 2.29 bits per heavy atom. The summed E-state index contributed by atoms with van der Waals surface area (Å²) in [6.07, 6.45) is 2.40. The number of nitrogens with two attached hydrogens (primary N) is 1. The highest BCUT2D eigenvalue weighted by atomic mass is 16.4. The third-order valence-electron chi connectivity index (χ3n) is 2.77. The molecule has 3 nitrogen and oxygen atoms in total. The highest BCUT2D eigenvalue weighted by molar-refractivity contribution is 5.29. The molecule has 0 spiro atoms. The lowest BCUT2D eigenvalue weighted by Crippen LogP contribution is -2.10. The number of rotatable bonds is 2. The minimum Gasteiger partial charge on any atom is -0.429 e. The molecule has 2 rings (SSSR count). The van der Waals surface area contributed by atoms with Crippen molar-refractivity contribution >= 4 is 6.01 Å². The molecule has 0 aliphatic rings. The molecule has 3 heteroatoms. The summed E-state index contributed by atoms with van der Waals surface area (Å²) in [4.78, 5) is 3.88. The normalized spacial score (nSPS) is 11.7. The summed E-state index contributed by atoms with van der Waals surface area (Å²) >= 11 is 0. The fraction of sp³-hybridized carbons (Fsp3) is 0.357. The third kappa shape index (κ3) is 2.87. The lowest BCUT2D eigenvalue weighted by atomic mass is 9.86.